The van der Waals surface area contributed by atoms with E-state index in [2.05, 4.69) is 404 Å². The largest absolute Gasteiger partial charge is 0.309 e. The summed E-state index contributed by atoms with van der Waals surface area (Å²) < 4.78 is 9.50. The predicted molar refractivity (Wildman–Crippen MR) is 560 cm³/mol. The maximum Gasteiger partial charge on any atom is 0.235 e. The van der Waals surface area contributed by atoms with Crippen LogP contribution >= 0.6 is 0 Å². The molecule has 0 unspecified atom stereocenters. The summed E-state index contributed by atoms with van der Waals surface area (Å²) in [5.74, 6) is 3.32. The molecule has 7 heterocycles. The molecule has 0 N–H and O–H groups in total. The summed E-state index contributed by atoms with van der Waals surface area (Å²) in [4.78, 5) is 35.5. The summed E-state index contributed by atoms with van der Waals surface area (Å²) in [5, 5.41) is 9.81. The van der Waals surface area contributed by atoms with E-state index in [9.17, 15) is 0 Å². The van der Waals surface area contributed by atoms with Crippen LogP contribution in [0.3, 0.4) is 0 Å². The van der Waals surface area contributed by atoms with Gasteiger partial charge in [-0.05, 0) is 142 Å². The second-order valence-electron chi connectivity index (χ2n) is 36.3. The Morgan fingerprint density at radius 2 is 0.463 bits per heavy atom. The molecule has 0 spiro atoms. The number of nitrogens with zero attached hydrogens (tertiary/aromatic N) is 11. The highest BCUT2D eigenvalue weighted by molar-refractivity contribution is 6.24. The zero-order valence-corrected chi connectivity index (χ0v) is 75.2. The minimum absolute atomic E-state index is 0.0775. The van der Waals surface area contributed by atoms with Gasteiger partial charge in [-0.3, -0.25) is 4.57 Å². The van der Waals surface area contributed by atoms with Crippen LogP contribution in [0.2, 0.25) is 0 Å². The summed E-state index contributed by atoms with van der Waals surface area (Å²) in [6, 6.07) is 160. The van der Waals surface area contributed by atoms with E-state index >= 15 is 0 Å². The molecule has 0 radical (unpaired) electrons. The quantitative estimate of drug-likeness (QED) is 0.120. The van der Waals surface area contributed by atoms with Crippen LogP contribution in [-0.4, -0.2) is 53.2 Å². The van der Waals surface area contributed by atoms with Crippen molar-refractivity contribution in [2.24, 2.45) is 0 Å². The van der Waals surface area contributed by atoms with Gasteiger partial charge in [0.25, 0.3) is 0 Å². The summed E-state index contributed by atoms with van der Waals surface area (Å²) in [6.07, 6.45) is 0. The normalized spacial score (nSPS) is 12.7. The molecular formula is C125H87N11. The molecule has 2 aliphatic rings. The van der Waals surface area contributed by atoms with Crippen molar-refractivity contribution in [1.29, 1.82) is 0 Å². The summed E-state index contributed by atoms with van der Waals surface area (Å²) in [6.45, 7) is 9.36. The van der Waals surface area contributed by atoms with Crippen molar-refractivity contribution >= 4 is 87.2 Å². The van der Waals surface area contributed by atoms with Crippen LogP contribution in [0.4, 0.5) is 0 Å². The topological polar surface area (TPSA) is 110 Å². The van der Waals surface area contributed by atoms with Crippen LogP contribution in [0, 0.1) is 0 Å². The maximum absolute atomic E-state index is 5.19. The van der Waals surface area contributed by atoms with Gasteiger partial charge in [0.15, 0.2) is 23.3 Å². The van der Waals surface area contributed by atoms with E-state index in [0.717, 1.165) is 112 Å². The molecule has 642 valence electrons. The van der Waals surface area contributed by atoms with Gasteiger partial charge < -0.3 is 13.7 Å². The summed E-state index contributed by atoms with van der Waals surface area (Å²) in [7, 11) is 0. The highest BCUT2D eigenvalue weighted by atomic mass is 15.2. The van der Waals surface area contributed by atoms with Gasteiger partial charge in [-0.1, -0.05) is 386 Å². The zero-order chi connectivity index (χ0) is 90.7. The molecule has 18 aromatic carbocycles. The van der Waals surface area contributed by atoms with Crippen LogP contribution in [0.25, 0.3) is 223 Å². The molecule has 11 nitrogen and oxygen atoms in total. The van der Waals surface area contributed by atoms with Crippen molar-refractivity contribution in [3.05, 3.63) is 477 Å². The van der Waals surface area contributed by atoms with Crippen molar-refractivity contribution in [2.45, 2.75) is 38.5 Å². The highest BCUT2D eigenvalue weighted by Crippen LogP contribution is 2.54. The van der Waals surface area contributed by atoms with Gasteiger partial charge in [-0.2, -0.15) is 0 Å². The first-order valence-corrected chi connectivity index (χ1v) is 46.4. The van der Waals surface area contributed by atoms with Gasteiger partial charge in [0.2, 0.25) is 5.95 Å². The first-order valence-electron chi connectivity index (χ1n) is 46.4. The molecule has 7 aromatic heterocycles. The molecule has 136 heavy (non-hydrogen) atoms. The number of para-hydroxylation sites is 5. The number of aromatic nitrogens is 11. The van der Waals surface area contributed by atoms with Gasteiger partial charge in [0.1, 0.15) is 0 Å². The third-order valence-corrected chi connectivity index (χ3v) is 27.6. The van der Waals surface area contributed by atoms with E-state index in [1.165, 1.54) is 110 Å². The minimum atomic E-state index is -0.0939. The first-order chi connectivity index (χ1) is 67.0. The van der Waals surface area contributed by atoms with E-state index in [1.54, 1.807) is 0 Å². The number of hydrogen-bond donors (Lipinski definition) is 0. The highest BCUT2D eigenvalue weighted by Gasteiger charge is 2.39. The van der Waals surface area contributed by atoms with Crippen molar-refractivity contribution in [2.75, 3.05) is 0 Å². The number of rotatable bonds is 12. The Morgan fingerprint density at radius 1 is 0.169 bits per heavy atom. The van der Waals surface area contributed by atoms with Crippen LogP contribution in [0.1, 0.15) is 49.9 Å². The average Bonchev–Trinajstić information content (AvgIpc) is 1.52. The SMILES string of the molecule is CC1(C)c2ccccc2-c2cc3c4ccccc4n(-c4cccc(-c5cc(-c6ccccc6)nc(-c6ccccc6)n5)c4)c3cc21.CC1(C)c2ccccc2-c2cc3c4ccccc4n(-c4nc(-c5ccccc5)cc(-c5ccccc5)n4)c3cc21.c1ccc(-c2nc(-c3ccccc3)nc(-c3cccc(-n4c5ccccc5c5ccc6c7ccccc7n(-c7ccccc7)c6c54)c3)n2)cc1. The number of benzene rings is 18. The van der Waals surface area contributed by atoms with E-state index in [1.807, 2.05) is 97.1 Å². The second-order valence-corrected chi connectivity index (χ2v) is 36.3. The Bertz CT molecular complexity index is 8840. The van der Waals surface area contributed by atoms with Crippen molar-refractivity contribution in [3.8, 4) is 136 Å². The lowest BCUT2D eigenvalue weighted by molar-refractivity contribution is 0.661. The standard InChI is InChI=1S/C45H29N5.C43H31N3.C37H27N3/c1-4-15-30(16-5-1)43-46-44(31-17-6-2-7-18-31)48-45(47-43)32-19-14-22-34(29-32)50-40-26-13-11-24-36(40)38-28-27-37-35-23-10-12-25-39(35)49(41(37)42(38)50)33-20-8-3-9-21-33;1-43(2)36-22-11-9-20-32(36)34-25-35-33-21-10-12-23-40(33)46(41(35)26-37(34)43)31-19-13-18-30(24-31)39-27-38(28-14-5-3-6-15-28)44-42(45-39)29-16-7-4-8-17-29;1-37(2)30-19-11-9-17-26(30)28-21-29-27-18-10-12-20-34(27)40(35(29)22-31(28)37)36-38-32(24-13-5-3-6-14-24)23-33(39-36)25-15-7-4-8-16-25/h1-29H;3-27H,1-2H3;3-23H,1-2H3. The Balaban J connectivity index is 0.000000109. The smallest absolute Gasteiger partial charge is 0.235 e. The van der Waals surface area contributed by atoms with E-state index in [4.69, 9.17) is 34.9 Å². The monoisotopic (exact) mass is 1740 g/mol. The van der Waals surface area contributed by atoms with Gasteiger partial charge in [-0.15, -0.1) is 0 Å². The van der Waals surface area contributed by atoms with Crippen LogP contribution < -0.4 is 0 Å². The third kappa shape index (κ3) is 13.6. The van der Waals surface area contributed by atoms with Crippen LogP contribution in [-0.2, 0) is 10.8 Å². The van der Waals surface area contributed by atoms with Crippen molar-refractivity contribution in [1.82, 2.24) is 53.2 Å². The van der Waals surface area contributed by atoms with Gasteiger partial charge in [-0.25, -0.2) is 34.9 Å². The molecular weight excluding hydrogens is 1660 g/mol. The molecule has 0 bridgehead atoms. The lowest BCUT2D eigenvalue weighted by Crippen LogP contribution is -2.15. The number of hydrogen-bond acceptors (Lipinski definition) is 7. The molecule has 0 aliphatic heterocycles. The maximum atomic E-state index is 5.19. The fraction of sp³-hybridized carbons (Fsp3) is 0.0480. The second kappa shape index (κ2) is 32.7. The Kier molecular flexibility index (Phi) is 19.3. The van der Waals surface area contributed by atoms with Crippen LogP contribution in [0.5, 0.6) is 0 Å². The predicted octanol–water partition coefficient (Wildman–Crippen LogP) is 31.2. The Morgan fingerprint density at radius 3 is 0.904 bits per heavy atom. The van der Waals surface area contributed by atoms with Crippen molar-refractivity contribution in [3.63, 3.8) is 0 Å². The summed E-state index contributed by atoms with van der Waals surface area (Å²) in [5.41, 5.74) is 34.9. The van der Waals surface area contributed by atoms with Gasteiger partial charge in [0.05, 0.1) is 66.9 Å². The minimum Gasteiger partial charge on any atom is -0.309 e. The van der Waals surface area contributed by atoms with E-state index < -0.39 is 0 Å². The van der Waals surface area contributed by atoms with Crippen LogP contribution in [0.15, 0.2) is 455 Å². The molecule has 2 aliphatic carbocycles. The molecule has 0 fully saturated rings. The molecule has 0 amide bonds. The lowest BCUT2D eigenvalue weighted by atomic mass is 9.82. The van der Waals surface area contributed by atoms with E-state index in [-0.39, 0.29) is 10.8 Å². The Hall–Kier alpha value is -17.7. The fourth-order valence-electron chi connectivity index (χ4n) is 21.1. The number of fused-ring (bicyclic) bond motifs is 19. The molecule has 25 aromatic rings. The molecule has 0 saturated heterocycles. The third-order valence-electron chi connectivity index (χ3n) is 27.6. The van der Waals surface area contributed by atoms with Gasteiger partial charge >= 0.3 is 0 Å². The lowest BCUT2D eigenvalue weighted by Gasteiger charge is -2.21. The van der Waals surface area contributed by atoms with Gasteiger partial charge in [0, 0.05) is 115 Å². The molecule has 0 atom stereocenters. The molecule has 11 heteroatoms. The summed E-state index contributed by atoms with van der Waals surface area (Å²) >= 11 is 0. The fourth-order valence-corrected chi connectivity index (χ4v) is 21.1. The first kappa shape index (κ1) is 80.4. The van der Waals surface area contributed by atoms with E-state index in [0.29, 0.717) is 23.4 Å². The average molecular weight is 1740 g/mol. The Labute approximate surface area is 786 Å². The molecule has 27 rings (SSSR count). The zero-order valence-electron chi connectivity index (χ0n) is 75.2. The molecule has 0 saturated carbocycles. The van der Waals surface area contributed by atoms with Crippen molar-refractivity contribution < 1.29 is 0 Å².